The average molecular weight is 236 g/mol. The molecule has 0 aliphatic heterocycles. The van der Waals surface area contributed by atoms with Gasteiger partial charge >= 0.3 is 0 Å². The highest BCUT2D eigenvalue weighted by molar-refractivity contribution is 5.96. The summed E-state index contributed by atoms with van der Waals surface area (Å²) < 4.78 is 0. The van der Waals surface area contributed by atoms with Gasteiger partial charge in [-0.25, -0.2) is 0 Å². The van der Waals surface area contributed by atoms with Crippen LogP contribution in [0.4, 0.5) is 0 Å². The number of carbonyl (C=O) groups excluding carboxylic acids is 1. The first-order valence-corrected chi connectivity index (χ1v) is 5.58. The first-order chi connectivity index (χ1) is 8.68. The third-order valence-corrected chi connectivity index (χ3v) is 2.54. The van der Waals surface area contributed by atoms with Crippen LogP contribution in [0, 0.1) is 11.8 Å². The van der Waals surface area contributed by atoms with Crippen LogP contribution in [0.5, 0.6) is 5.75 Å². The van der Waals surface area contributed by atoms with E-state index in [4.69, 9.17) is 0 Å². The summed E-state index contributed by atoms with van der Waals surface area (Å²) in [5.74, 6) is 5.92. The maximum absolute atomic E-state index is 11.4. The Balaban J connectivity index is 2.42. The maximum atomic E-state index is 11.4. The topological polar surface area (TPSA) is 37.3 Å². The second kappa shape index (κ2) is 5.20. The highest BCUT2D eigenvalue weighted by atomic mass is 16.3. The number of para-hydroxylation sites is 1. The number of aromatic hydroxyl groups is 1. The van der Waals surface area contributed by atoms with Crippen molar-refractivity contribution in [2.24, 2.45) is 0 Å². The standard InChI is InChI=1S/C16H12O2/c1-12(17)15-8-4-2-6-13(15)10-11-14-7-3-5-9-16(14)18/h2-9,18H,1H3. The second-order valence-corrected chi connectivity index (χ2v) is 3.87. The molecule has 0 aliphatic rings. The van der Waals surface area contributed by atoms with Gasteiger partial charge in [0, 0.05) is 11.1 Å². The van der Waals surface area contributed by atoms with E-state index in [0.717, 1.165) is 0 Å². The maximum Gasteiger partial charge on any atom is 0.161 e. The fourth-order valence-corrected chi connectivity index (χ4v) is 1.61. The molecule has 0 bridgehead atoms. The van der Waals surface area contributed by atoms with Crippen molar-refractivity contribution in [1.29, 1.82) is 0 Å². The van der Waals surface area contributed by atoms with Crippen LogP contribution >= 0.6 is 0 Å². The summed E-state index contributed by atoms with van der Waals surface area (Å²) in [7, 11) is 0. The molecule has 0 spiro atoms. The lowest BCUT2D eigenvalue weighted by Gasteiger charge is -1.99. The summed E-state index contributed by atoms with van der Waals surface area (Å²) in [4.78, 5) is 11.4. The molecule has 1 N–H and O–H groups in total. The highest BCUT2D eigenvalue weighted by Crippen LogP contribution is 2.14. The van der Waals surface area contributed by atoms with Gasteiger partial charge in [0.25, 0.3) is 0 Å². The molecule has 2 nitrogen and oxygen atoms in total. The van der Waals surface area contributed by atoms with Gasteiger partial charge in [-0.05, 0) is 25.1 Å². The van der Waals surface area contributed by atoms with Gasteiger partial charge in [-0.3, -0.25) is 4.79 Å². The van der Waals surface area contributed by atoms with Crippen LogP contribution in [0.15, 0.2) is 48.5 Å². The van der Waals surface area contributed by atoms with E-state index < -0.39 is 0 Å². The summed E-state index contributed by atoms with van der Waals surface area (Å²) in [6.45, 7) is 1.51. The fraction of sp³-hybridized carbons (Fsp3) is 0.0625. The van der Waals surface area contributed by atoms with Crippen molar-refractivity contribution < 1.29 is 9.90 Å². The van der Waals surface area contributed by atoms with E-state index in [-0.39, 0.29) is 11.5 Å². The van der Waals surface area contributed by atoms with Gasteiger partial charge in [0.15, 0.2) is 5.78 Å². The molecule has 2 rings (SSSR count). The third kappa shape index (κ3) is 2.58. The van der Waals surface area contributed by atoms with Crippen molar-refractivity contribution in [3.05, 3.63) is 65.2 Å². The molecule has 0 aliphatic carbocycles. The molecular formula is C16H12O2. The van der Waals surface area contributed by atoms with Gasteiger partial charge in [0.05, 0.1) is 5.56 Å². The SMILES string of the molecule is CC(=O)c1ccccc1C#Cc1ccccc1O. The largest absolute Gasteiger partial charge is 0.507 e. The monoisotopic (exact) mass is 236 g/mol. The molecule has 2 aromatic carbocycles. The van der Waals surface area contributed by atoms with Gasteiger partial charge in [0.1, 0.15) is 5.75 Å². The fourth-order valence-electron chi connectivity index (χ4n) is 1.61. The lowest BCUT2D eigenvalue weighted by Crippen LogP contribution is -1.95. The van der Waals surface area contributed by atoms with E-state index in [9.17, 15) is 9.90 Å². The molecule has 0 amide bonds. The van der Waals surface area contributed by atoms with E-state index in [1.807, 2.05) is 12.1 Å². The minimum atomic E-state index is -0.0165. The summed E-state index contributed by atoms with van der Waals surface area (Å²) in [6.07, 6.45) is 0. The van der Waals surface area contributed by atoms with Crippen LogP contribution in [0.3, 0.4) is 0 Å². The minimum Gasteiger partial charge on any atom is -0.507 e. The molecule has 2 aromatic rings. The van der Waals surface area contributed by atoms with Gasteiger partial charge in [0.2, 0.25) is 0 Å². The van der Waals surface area contributed by atoms with E-state index in [1.54, 1.807) is 36.4 Å². The Bertz CT molecular complexity index is 645. The highest BCUT2D eigenvalue weighted by Gasteiger charge is 2.03. The Labute approximate surface area is 106 Å². The number of benzene rings is 2. The Morgan fingerprint density at radius 2 is 1.50 bits per heavy atom. The molecule has 0 heterocycles. The number of ketones is 1. The van der Waals surface area contributed by atoms with Gasteiger partial charge < -0.3 is 5.11 Å². The van der Waals surface area contributed by atoms with E-state index in [0.29, 0.717) is 16.7 Å². The number of hydrogen-bond acceptors (Lipinski definition) is 2. The molecular weight excluding hydrogens is 224 g/mol. The molecule has 0 fully saturated rings. The van der Waals surface area contributed by atoms with Gasteiger partial charge in [-0.15, -0.1) is 0 Å². The van der Waals surface area contributed by atoms with Crippen LogP contribution in [-0.4, -0.2) is 10.9 Å². The summed E-state index contributed by atoms with van der Waals surface area (Å²) in [5, 5.41) is 9.60. The van der Waals surface area contributed by atoms with Crippen LogP contribution < -0.4 is 0 Å². The first-order valence-electron chi connectivity index (χ1n) is 5.58. The molecule has 0 saturated heterocycles. The molecule has 0 atom stereocenters. The predicted octanol–water partition coefficient (Wildman–Crippen LogP) is 2.99. The van der Waals surface area contributed by atoms with Crippen molar-refractivity contribution >= 4 is 5.78 Å². The number of Topliss-reactive ketones (excluding diaryl/α,β-unsaturated/α-hetero) is 1. The van der Waals surface area contributed by atoms with Gasteiger partial charge in [-0.1, -0.05) is 42.2 Å². The quantitative estimate of drug-likeness (QED) is 0.610. The predicted molar refractivity (Wildman–Crippen MR) is 70.5 cm³/mol. The Hall–Kier alpha value is -2.53. The number of hydrogen-bond donors (Lipinski definition) is 1. The number of carbonyl (C=O) groups is 1. The molecule has 0 saturated carbocycles. The van der Waals surface area contributed by atoms with Crippen molar-refractivity contribution in [3.63, 3.8) is 0 Å². The zero-order valence-electron chi connectivity index (χ0n) is 9.97. The van der Waals surface area contributed by atoms with Crippen LogP contribution in [0.1, 0.15) is 28.4 Å². The number of phenols is 1. The Kier molecular flexibility index (Phi) is 3.45. The van der Waals surface area contributed by atoms with Crippen molar-refractivity contribution in [2.75, 3.05) is 0 Å². The first kappa shape index (κ1) is 11.9. The van der Waals surface area contributed by atoms with E-state index >= 15 is 0 Å². The Morgan fingerprint density at radius 3 is 2.17 bits per heavy atom. The normalized spacial score (nSPS) is 9.39. The van der Waals surface area contributed by atoms with Crippen molar-refractivity contribution in [3.8, 4) is 17.6 Å². The average Bonchev–Trinajstić information content (AvgIpc) is 2.38. The molecule has 0 aromatic heterocycles. The molecule has 88 valence electrons. The molecule has 0 unspecified atom stereocenters. The van der Waals surface area contributed by atoms with E-state index in [1.165, 1.54) is 6.92 Å². The zero-order valence-corrected chi connectivity index (χ0v) is 9.97. The molecule has 2 heteroatoms. The summed E-state index contributed by atoms with van der Waals surface area (Å²) >= 11 is 0. The number of phenolic OH excluding ortho intramolecular Hbond substituents is 1. The summed E-state index contributed by atoms with van der Waals surface area (Å²) in [5.41, 5.74) is 1.82. The smallest absolute Gasteiger partial charge is 0.161 e. The van der Waals surface area contributed by atoms with Crippen LogP contribution in [-0.2, 0) is 0 Å². The lowest BCUT2D eigenvalue weighted by molar-refractivity contribution is 0.101. The third-order valence-electron chi connectivity index (χ3n) is 2.54. The molecule has 18 heavy (non-hydrogen) atoms. The van der Waals surface area contributed by atoms with Crippen molar-refractivity contribution in [1.82, 2.24) is 0 Å². The van der Waals surface area contributed by atoms with Gasteiger partial charge in [-0.2, -0.15) is 0 Å². The van der Waals surface area contributed by atoms with Crippen LogP contribution in [0.2, 0.25) is 0 Å². The summed E-state index contributed by atoms with van der Waals surface area (Å²) in [6, 6.07) is 14.0. The Morgan fingerprint density at radius 1 is 0.944 bits per heavy atom. The minimum absolute atomic E-state index is 0.0165. The zero-order chi connectivity index (χ0) is 13.0. The molecule has 0 radical (unpaired) electrons. The van der Waals surface area contributed by atoms with Crippen LogP contribution in [0.25, 0.3) is 0 Å². The van der Waals surface area contributed by atoms with Crippen molar-refractivity contribution in [2.45, 2.75) is 6.92 Å². The number of rotatable bonds is 1. The lowest BCUT2D eigenvalue weighted by atomic mass is 10.0. The second-order valence-electron chi connectivity index (χ2n) is 3.87. The van der Waals surface area contributed by atoms with E-state index in [2.05, 4.69) is 11.8 Å².